The van der Waals surface area contributed by atoms with E-state index in [1.807, 2.05) is 29.2 Å². The molecule has 0 radical (unpaired) electrons. The van der Waals surface area contributed by atoms with Crippen LogP contribution in [0.15, 0.2) is 36.4 Å². The van der Waals surface area contributed by atoms with Gasteiger partial charge in [-0.1, -0.05) is 37.1 Å². The van der Waals surface area contributed by atoms with E-state index in [0.717, 1.165) is 38.0 Å². The van der Waals surface area contributed by atoms with Crippen molar-refractivity contribution in [1.29, 1.82) is 0 Å². The number of hydrogen-bond acceptors (Lipinski definition) is 3. The molecule has 2 aliphatic heterocycles. The number of nitrogens with one attached hydrogen (secondary N) is 2. The first-order chi connectivity index (χ1) is 12.2. The molecule has 2 N–H and O–H groups in total. The lowest BCUT2D eigenvalue weighted by molar-refractivity contribution is -0.125. The molecule has 2 heterocycles. The number of benzene rings is 1. The molecule has 4 rings (SSSR count). The number of rotatable bonds is 6. The molecule has 5 nitrogen and oxygen atoms in total. The Balaban J connectivity index is 1.40. The van der Waals surface area contributed by atoms with Crippen LogP contribution >= 0.6 is 0 Å². The van der Waals surface area contributed by atoms with Gasteiger partial charge in [0.25, 0.3) is 5.91 Å². The standard InChI is InChI=1S/C20H25N3O2/c24-19(23-12-10-15-3-1-2-4-18(15)23)8-7-16(13-14-5-6-14)22-20(25)17-9-11-21-17/h1-4,7-8,14,16-17,21H,5-6,9-13H2,(H,22,25)/b8-7+/t16-,17?/m1/s1. The molecule has 0 aromatic heterocycles. The number of hydrogen-bond donors (Lipinski definition) is 2. The van der Waals surface area contributed by atoms with E-state index >= 15 is 0 Å². The molecule has 0 spiro atoms. The topological polar surface area (TPSA) is 61.4 Å². The zero-order chi connectivity index (χ0) is 17.2. The van der Waals surface area contributed by atoms with E-state index in [0.29, 0.717) is 5.92 Å². The molecule has 5 heteroatoms. The minimum absolute atomic E-state index is 0.00163. The predicted octanol–water partition coefficient (Wildman–Crippen LogP) is 1.78. The summed E-state index contributed by atoms with van der Waals surface area (Å²) < 4.78 is 0. The summed E-state index contributed by atoms with van der Waals surface area (Å²) in [6.07, 6.45) is 8.73. The molecule has 132 valence electrons. The second-order valence-electron chi connectivity index (χ2n) is 7.32. The van der Waals surface area contributed by atoms with Gasteiger partial charge in [0.2, 0.25) is 5.91 Å². The van der Waals surface area contributed by atoms with Gasteiger partial charge in [-0.25, -0.2) is 0 Å². The lowest BCUT2D eigenvalue weighted by atomic mass is 10.0. The Morgan fingerprint density at radius 3 is 2.80 bits per heavy atom. The van der Waals surface area contributed by atoms with Crippen molar-refractivity contribution in [3.63, 3.8) is 0 Å². The summed E-state index contributed by atoms with van der Waals surface area (Å²) in [6, 6.07) is 7.95. The summed E-state index contributed by atoms with van der Waals surface area (Å²) in [4.78, 5) is 26.6. The molecule has 1 aromatic carbocycles. The van der Waals surface area contributed by atoms with Crippen molar-refractivity contribution >= 4 is 17.5 Å². The van der Waals surface area contributed by atoms with Crippen LogP contribution in [0.4, 0.5) is 5.69 Å². The molecule has 1 aliphatic carbocycles. The minimum Gasteiger partial charge on any atom is -0.349 e. The van der Waals surface area contributed by atoms with Crippen LogP contribution < -0.4 is 15.5 Å². The van der Waals surface area contributed by atoms with Gasteiger partial charge < -0.3 is 15.5 Å². The van der Waals surface area contributed by atoms with Crippen LogP contribution in [0.2, 0.25) is 0 Å². The highest BCUT2D eigenvalue weighted by molar-refractivity contribution is 6.03. The van der Waals surface area contributed by atoms with E-state index in [1.54, 1.807) is 6.08 Å². The largest absolute Gasteiger partial charge is 0.349 e. The second-order valence-corrected chi connectivity index (χ2v) is 7.32. The number of carbonyl (C=O) groups is 2. The SMILES string of the molecule is O=C(N[C@H](/C=C/C(=O)N1CCc2ccccc21)CC1CC1)C1CCN1. The molecule has 3 aliphatic rings. The van der Waals surface area contributed by atoms with Crippen LogP contribution in [0.3, 0.4) is 0 Å². The summed E-state index contributed by atoms with van der Waals surface area (Å²) in [5.74, 6) is 0.745. The third kappa shape index (κ3) is 3.76. The van der Waals surface area contributed by atoms with E-state index in [4.69, 9.17) is 0 Å². The maximum atomic E-state index is 12.6. The smallest absolute Gasteiger partial charge is 0.250 e. The van der Waals surface area contributed by atoms with Gasteiger partial charge in [0.1, 0.15) is 0 Å². The van der Waals surface area contributed by atoms with Crippen LogP contribution in [-0.2, 0) is 16.0 Å². The molecule has 1 saturated carbocycles. The van der Waals surface area contributed by atoms with Crippen molar-refractivity contribution in [2.75, 3.05) is 18.0 Å². The molecule has 1 aromatic rings. The fourth-order valence-corrected chi connectivity index (χ4v) is 3.55. The van der Waals surface area contributed by atoms with E-state index in [2.05, 4.69) is 16.7 Å². The number of carbonyl (C=O) groups excluding carboxylic acids is 2. The lowest BCUT2D eigenvalue weighted by Crippen LogP contribution is -2.54. The van der Waals surface area contributed by atoms with Crippen molar-refractivity contribution in [1.82, 2.24) is 10.6 Å². The second kappa shape index (κ2) is 7.00. The average molecular weight is 339 g/mol. The Morgan fingerprint density at radius 1 is 1.28 bits per heavy atom. The zero-order valence-electron chi connectivity index (χ0n) is 14.4. The van der Waals surface area contributed by atoms with Crippen molar-refractivity contribution < 1.29 is 9.59 Å². The Morgan fingerprint density at radius 2 is 2.08 bits per heavy atom. The molecule has 2 atom stereocenters. The molecule has 2 fully saturated rings. The maximum Gasteiger partial charge on any atom is 0.250 e. The number of nitrogens with zero attached hydrogens (tertiary/aromatic N) is 1. The third-order valence-corrected chi connectivity index (χ3v) is 5.38. The van der Waals surface area contributed by atoms with Crippen molar-refractivity contribution in [2.45, 2.75) is 44.2 Å². The summed E-state index contributed by atoms with van der Waals surface area (Å²) >= 11 is 0. The van der Waals surface area contributed by atoms with Crippen LogP contribution in [0.1, 0.15) is 31.2 Å². The number of amides is 2. The monoisotopic (exact) mass is 339 g/mol. The molecule has 1 saturated heterocycles. The van der Waals surface area contributed by atoms with Gasteiger partial charge in [-0.05, 0) is 43.4 Å². The van der Waals surface area contributed by atoms with Gasteiger partial charge in [0.05, 0.1) is 6.04 Å². The molecule has 2 amide bonds. The van der Waals surface area contributed by atoms with E-state index in [9.17, 15) is 9.59 Å². The number of fused-ring (bicyclic) bond motifs is 1. The van der Waals surface area contributed by atoms with Gasteiger partial charge in [0, 0.05) is 24.4 Å². The fourth-order valence-electron chi connectivity index (χ4n) is 3.55. The molecule has 0 bridgehead atoms. The highest BCUT2D eigenvalue weighted by Crippen LogP contribution is 2.34. The summed E-state index contributed by atoms with van der Waals surface area (Å²) in [6.45, 7) is 1.64. The van der Waals surface area contributed by atoms with Crippen molar-refractivity contribution in [3.05, 3.63) is 42.0 Å². The first-order valence-electron chi connectivity index (χ1n) is 9.32. The Bertz CT molecular complexity index is 692. The van der Waals surface area contributed by atoms with Gasteiger partial charge in [-0.15, -0.1) is 0 Å². The Labute approximate surface area is 148 Å². The first kappa shape index (κ1) is 16.3. The minimum atomic E-state index is -0.0590. The molecular weight excluding hydrogens is 314 g/mol. The van der Waals surface area contributed by atoms with E-state index in [1.165, 1.54) is 18.4 Å². The molecular formula is C20H25N3O2. The summed E-state index contributed by atoms with van der Waals surface area (Å²) in [7, 11) is 0. The highest BCUT2D eigenvalue weighted by Gasteiger charge is 2.29. The summed E-state index contributed by atoms with van der Waals surface area (Å²) in [5.41, 5.74) is 2.24. The first-order valence-corrected chi connectivity index (χ1v) is 9.32. The predicted molar refractivity (Wildman–Crippen MR) is 97.3 cm³/mol. The van der Waals surface area contributed by atoms with Gasteiger partial charge in [0.15, 0.2) is 0 Å². The average Bonchev–Trinajstić information content (AvgIpc) is 3.26. The van der Waals surface area contributed by atoms with E-state index < -0.39 is 0 Å². The van der Waals surface area contributed by atoms with Gasteiger partial charge >= 0.3 is 0 Å². The molecule has 25 heavy (non-hydrogen) atoms. The normalized spacial score (nSPS) is 23.2. The van der Waals surface area contributed by atoms with Crippen LogP contribution in [-0.4, -0.2) is 37.0 Å². The summed E-state index contributed by atoms with van der Waals surface area (Å²) in [5, 5.41) is 6.23. The van der Waals surface area contributed by atoms with E-state index in [-0.39, 0.29) is 23.9 Å². The fraction of sp³-hybridized carbons (Fsp3) is 0.500. The van der Waals surface area contributed by atoms with Crippen LogP contribution in [0.25, 0.3) is 0 Å². The third-order valence-electron chi connectivity index (χ3n) is 5.38. The van der Waals surface area contributed by atoms with Gasteiger partial charge in [-0.3, -0.25) is 9.59 Å². The Kier molecular flexibility index (Phi) is 4.57. The van der Waals surface area contributed by atoms with Crippen LogP contribution in [0.5, 0.6) is 0 Å². The zero-order valence-corrected chi connectivity index (χ0v) is 14.4. The van der Waals surface area contributed by atoms with Crippen LogP contribution in [0, 0.1) is 5.92 Å². The van der Waals surface area contributed by atoms with Gasteiger partial charge in [-0.2, -0.15) is 0 Å². The quantitative estimate of drug-likeness (QED) is 0.777. The maximum absolute atomic E-state index is 12.6. The lowest BCUT2D eigenvalue weighted by Gasteiger charge is -2.28. The Hall–Kier alpha value is -2.14. The van der Waals surface area contributed by atoms with Crippen molar-refractivity contribution in [2.24, 2.45) is 5.92 Å². The number of para-hydroxylation sites is 1. The highest BCUT2D eigenvalue weighted by atomic mass is 16.2. The number of anilines is 1. The van der Waals surface area contributed by atoms with Crippen molar-refractivity contribution in [3.8, 4) is 0 Å². The molecule has 1 unspecified atom stereocenters.